The lowest BCUT2D eigenvalue weighted by Gasteiger charge is -2.26. The van der Waals surface area contributed by atoms with E-state index >= 15 is 0 Å². The van der Waals surface area contributed by atoms with Crippen LogP contribution in [0.4, 0.5) is 0 Å². The molecule has 0 aliphatic carbocycles. The van der Waals surface area contributed by atoms with E-state index in [9.17, 15) is 10.2 Å². The third kappa shape index (κ3) is 3.76. The zero-order chi connectivity index (χ0) is 18.2. The lowest BCUT2D eigenvalue weighted by Crippen LogP contribution is -2.26. The molecular formula is C18H18Cl2N2O2S. The van der Waals surface area contributed by atoms with Crippen LogP contribution in [0.3, 0.4) is 0 Å². The van der Waals surface area contributed by atoms with Gasteiger partial charge in [-0.15, -0.1) is 11.3 Å². The first-order valence-corrected chi connectivity index (χ1v) is 9.27. The summed E-state index contributed by atoms with van der Waals surface area (Å²) >= 11 is 13.3. The number of hydrogen-bond donors (Lipinski definition) is 2. The Balaban J connectivity index is 1.91. The van der Waals surface area contributed by atoms with E-state index in [4.69, 9.17) is 23.2 Å². The molecule has 132 valence electrons. The fourth-order valence-electron chi connectivity index (χ4n) is 2.79. The van der Waals surface area contributed by atoms with Gasteiger partial charge in [-0.3, -0.25) is 4.99 Å². The summed E-state index contributed by atoms with van der Waals surface area (Å²) in [6, 6.07) is 9.00. The average molecular weight is 397 g/mol. The van der Waals surface area contributed by atoms with Crippen molar-refractivity contribution in [1.82, 2.24) is 4.90 Å². The second-order valence-electron chi connectivity index (χ2n) is 6.03. The number of allylic oxidation sites excluding steroid dienone is 1. The maximum Gasteiger partial charge on any atom is 0.163 e. The highest BCUT2D eigenvalue weighted by atomic mass is 35.5. The molecular weight excluding hydrogens is 379 g/mol. The fourth-order valence-corrected chi connectivity index (χ4v) is 4.23. The van der Waals surface area contributed by atoms with Crippen molar-refractivity contribution in [2.24, 2.45) is 4.99 Å². The molecule has 0 bridgehead atoms. The van der Waals surface area contributed by atoms with Gasteiger partial charge in [-0.1, -0.05) is 35.3 Å². The average Bonchev–Trinajstić information content (AvgIpc) is 2.97. The van der Waals surface area contributed by atoms with Crippen molar-refractivity contribution in [2.75, 3.05) is 6.67 Å². The predicted octanol–water partition coefficient (Wildman–Crippen LogP) is 4.38. The molecule has 0 fully saturated rings. The molecule has 0 amide bonds. The largest absolute Gasteiger partial charge is 0.381 e. The van der Waals surface area contributed by atoms with E-state index in [0.717, 1.165) is 15.3 Å². The topological polar surface area (TPSA) is 56.1 Å². The maximum absolute atomic E-state index is 11.1. The number of benzene rings is 1. The highest BCUT2D eigenvalue weighted by Gasteiger charge is 2.31. The van der Waals surface area contributed by atoms with Crippen LogP contribution in [0.2, 0.25) is 5.02 Å². The molecule has 4 nitrogen and oxygen atoms in total. The van der Waals surface area contributed by atoms with Gasteiger partial charge in [0.1, 0.15) is 17.4 Å². The van der Waals surface area contributed by atoms with E-state index in [1.54, 1.807) is 36.2 Å². The van der Waals surface area contributed by atoms with Crippen LogP contribution in [0.15, 0.2) is 47.6 Å². The lowest BCUT2D eigenvalue weighted by atomic mass is 9.88. The Morgan fingerprint density at radius 3 is 2.72 bits per heavy atom. The molecule has 2 heterocycles. The summed E-state index contributed by atoms with van der Waals surface area (Å²) in [4.78, 5) is 7.43. The number of nitrogens with zero attached hydrogens (tertiary/aromatic N) is 2. The van der Waals surface area contributed by atoms with Gasteiger partial charge < -0.3 is 15.1 Å². The number of aliphatic imine (C=N–C) groups is 1. The number of thiophene rings is 1. The van der Waals surface area contributed by atoms with Gasteiger partial charge in [0.15, 0.2) is 6.23 Å². The molecule has 0 radical (unpaired) electrons. The van der Waals surface area contributed by atoms with Crippen molar-refractivity contribution in [3.63, 3.8) is 0 Å². The van der Waals surface area contributed by atoms with Crippen LogP contribution in [-0.4, -0.2) is 27.0 Å². The van der Waals surface area contributed by atoms with Gasteiger partial charge in [0.05, 0.1) is 4.88 Å². The van der Waals surface area contributed by atoms with E-state index in [2.05, 4.69) is 4.99 Å². The Kier molecular flexibility index (Phi) is 5.23. The molecule has 1 aromatic heterocycles. The molecule has 0 saturated heterocycles. The molecule has 1 aromatic carbocycles. The zero-order valence-corrected chi connectivity index (χ0v) is 16.1. The van der Waals surface area contributed by atoms with E-state index in [1.165, 1.54) is 11.3 Å². The minimum Gasteiger partial charge on any atom is -0.381 e. The molecule has 2 aromatic rings. The smallest absolute Gasteiger partial charge is 0.163 e. The third-order valence-corrected chi connectivity index (χ3v) is 5.78. The normalized spacial score (nSPS) is 18.0. The number of halogens is 2. The first-order chi connectivity index (χ1) is 11.8. The molecule has 2 N–H and O–H groups in total. The Hall–Kier alpha value is -1.37. The highest BCUT2D eigenvalue weighted by molar-refractivity contribution is 7.12. The number of aryl methyl sites for hydroxylation is 1. The van der Waals surface area contributed by atoms with Crippen molar-refractivity contribution in [1.29, 1.82) is 0 Å². The Labute approximate surface area is 160 Å². The van der Waals surface area contributed by atoms with Crippen molar-refractivity contribution in [3.05, 3.63) is 68.5 Å². The van der Waals surface area contributed by atoms with Gasteiger partial charge in [-0.05, 0) is 43.7 Å². The highest BCUT2D eigenvalue weighted by Crippen LogP contribution is 2.39. The Morgan fingerprint density at radius 1 is 1.32 bits per heavy atom. The van der Waals surface area contributed by atoms with Crippen LogP contribution in [0.1, 0.15) is 34.0 Å². The molecule has 25 heavy (non-hydrogen) atoms. The van der Waals surface area contributed by atoms with Crippen LogP contribution < -0.4 is 0 Å². The second-order valence-corrected chi connectivity index (χ2v) is 8.14. The Bertz CT molecular complexity index is 845. The maximum atomic E-state index is 11.1. The molecule has 2 atom stereocenters. The first-order valence-electron chi connectivity index (χ1n) is 7.70. The SMILES string of the molecule is Cc1sc(C(O)N2C=CC(Cl)=NC2)cc1C(C)(O)c1cccc(Cl)c1. The molecule has 2 unspecified atom stereocenters. The molecule has 0 saturated carbocycles. The quantitative estimate of drug-likeness (QED) is 0.805. The van der Waals surface area contributed by atoms with Crippen molar-refractivity contribution < 1.29 is 10.2 Å². The van der Waals surface area contributed by atoms with Crippen LogP contribution in [0.5, 0.6) is 0 Å². The van der Waals surface area contributed by atoms with Crippen molar-refractivity contribution in [3.8, 4) is 0 Å². The summed E-state index contributed by atoms with van der Waals surface area (Å²) in [5, 5.41) is 22.7. The number of rotatable bonds is 4. The summed E-state index contributed by atoms with van der Waals surface area (Å²) < 4.78 is 0. The van der Waals surface area contributed by atoms with Crippen LogP contribution in [0, 0.1) is 6.92 Å². The number of aliphatic hydroxyl groups is 2. The van der Waals surface area contributed by atoms with Gasteiger partial charge >= 0.3 is 0 Å². The standard InChI is InChI=1S/C18H18Cl2N2O2S/c1-11-14(18(2,24)12-4-3-5-13(19)8-12)9-15(25-11)17(23)22-7-6-16(20)21-10-22/h3-9,17,23-24H,10H2,1-2H3. The monoisotopic (exact) mass is 396 g/mol. The predicted molar refractivity (Wildman–Crippen MR) is 103 cm³/mol. The van der Waals surface area contributed by atoms with Gasteiger partial charge in [-0.2, -0.15) is 0 Å². The summed E-state index contributed by atoms with van der Waals surface area (Å²) in [7, 11) is 0. The molecule has 1 aliphatic rings. The van der Waals surface area contributed by atoms with Gasteiger partial charge in [0.2, 0.25) is 0 Å². The van der Waals surface area contributed by atoms with Crippen molar-refractivity contribution in [2.45, 2.75) is 25.7 Å². The molecule has 3 rings (SSSR count). The van der Waals surface area contributed by atoms with E-state index in [-0.39, 0.29) is 6.67 Å². The summed E-state index contributed by atoms with van der Waals surface area (Å²) in [6.07, 6.45) is 2.50. The molecule has 0 spiro atoms. The van der Waals surface area contributed by atoms with E-state index in [0.29, 0.717) is 15.8 Å². The van der Waals surface area contributed by atoms with E-state index in [1.807, 2.05) is 25.1 Å². The fraction of sp³-hybridized carbons (Fsp3) is 0.278. The van der Waals surface area contributed by atoms with Crippen molar-refractivity contribution >= 4 is 39.7 Å². The third-order valence-electron chi connectivity index (χ3n) is 4.21. The number of aliphatic hydroxyl groups excluding tert-OH is 1. The zero-order valence-electron chi connectivity index (χ0n) is 13.8. The van der Waals surface area contributed by atoms with E-state index < -0.39 is 11.8 Å². The first kappa shape index (κ1) is 18.4. The van der Waals surface area contributed by atoms with Crippen LogP contribution >= 0.6 is 34.5 Å². The van der Waals surface area contributed by atoms with Gasteiger partial charge in [-0.25, -0.2) is 0 Å². The van der Waals surface area contributed by atoms with Crippen LogP contribution in [0.25, 0.3) is 0 Å². The van der Waals surface area contributed by atoms with Gasteiger partial charge in [0.25, 0.3) is 0 Å². The summed E-state index contributed by atoms with van der Waals surface area (Å²) in [6.45, 7) is 3.94. The minimum atomic E-state index is -1.21. The Morgan fingerprint density at radius 2 is 2.08 bits per heavy atom. The molecule has 7 heteroatoms. The summed E-state index contributed by atoms with van der Waals surface area (Å²) in [5.41, 5.74) is 0.246. The lowest BCUT2D eigenvalue weighted by molar-refractivity contribution is 0.0407. The second kappa shape index (κ2) is 7.09. The summed E-state index contributed by atoms with van der Waals surface area (Å²) in [5.74, 6) is 0. The van der Waals surface area contributed by atoms with Gasteiger partial charge in [0, 0.05) is 21.7 Å². The minimum absolute atomic E-state index is 0.285. The van der Waals surface area contributed by atoms with Crippen LogP contribution in [-0.2, 0) is 5.60 Å². The molecule has 1 aliphatic heterocycles. The number of hydrogen-bond acceptors (Lipinski definition) is 5.